The number of hydrogen-bond donors (Lipinski definition) is 1. The van der Waals surface area contributed by atoms with Crippen LogP contribution >= 0.6 is 11.3 Å². The van der Waals surface area contributed by atoms with Gasteiger partial charge in [0.05, 0.1) is 0 Å². The van der Waals surface area contributed by atoms with E-state index in [9.17, 15) is 0 Å². The molecule has 0 bridgehead atoms. The van der Waals surface area contributed by atoms with E-state index in [2.05, 4.69) is 35.2 Å². The molecule has 3 heterocycles. The molecule has 4 rings (SSSR count). The van der Waals surface area contributed by atoms with E-state index < -0.39 is 0 Å². The third kappa shape index (κ3) is 1.96. The average molecular weight is 388 g/mol. The normalized spacial score (nSPS) is 34.2. The second-order valence-electron chi connectivity index (χ2n) is 5.66. The number of piperazine rings is 1. The van der Waals surface area contributed by atoms with Gasteiger partial charge in [0.1, 0.15) is 0 Å². The van der Waals surface area contributed by atoms with Crippen molar-refractivity contribution in [1.29, 1.82) is 0 Å². The maximum absolute atomic E-state index is 4.46. The number of thiazole rings is 1. The number of rotatable bonds is 1. The van der Waals surface area contributed by atoms with Crippen molar-refractivity contribution in [2.45, 2.75) is 36.3 Å². The van der Waals surface area contributed by atoms with Gasteiger partial charge in [-0.25, -0.2) is 0 Å². The van der Waals surface area contributed by atoms with Crippen LogP contribution in [0.25, 0.3) is 0 Å². The molecule has 0 amide bonds. The van der Waals surface area contributed by atoms with E-state index in [4.69, 9.17) is 0 Å². The molecular formula is C14H19IN3S-. The van der Waals surface area contributed by atoms with E-state index in [1.54, 1.807) is 11.3 Å². The molecule has 2 saturated heterocycles. The first-order valence-electron chi connectivity index (χ1n) is 6.93. The van der Waals surface area contributed by atoms with Crippen LogP contribution in [0.1, 0.15) is 35.7 Å². The molecule has 1 aromatic rings. The third-order valence-electron chi connectivity index (χ3n) is 4.36. The van der Waals surface area contributed by atoms with Gasteiger partial charge in [0.15, 0.2) is 0 Å². The molecule has 0 radical (unpaired) electrons. The third-order valence-corrected chi connectivity index (χ3v) is 9.19. The number of alkyl halides is 2. The molecule has 0 unspecified atom stereocenters. The molecule has 3 fully saturated rings. The quantitative estimate of drug-likeness (QED) is 0.391. The number of allylic oxidation sites excluding steroid dienone is 2. The maximum atomic E-state index is 4.46. The molecule has 2 aliphatic heterocycles. The average Bonchev–Trinajstić information content (AvgIpc) is 3.04. The van der Waals surface area contributed by atoms with Gasteiger partial charge in [-0.3, -0.25) is 0 Å². The Labute approximate surface area is 128 Å². The summed E-state index contributed by atoms with van der Waals surface area (Å²) >= 11 is 2.06. The van der Waals surface area contributed by atoms with Crippen molar-refractivity contribution in [1.82, 2.24) is 15.2 Å². The Kier molecular flexibility index (Phi) is 2.93. The second-order valence-corrected chi connectivity index (χ2v) is 10.6. The Hall–Kier alpha value is -0.140. The van der Waals surface area contributed by atoms with Crippen LogP contribution in [0.3, 0.4) is 0 Å². The van der Waals surface area contributed by atoms with Gasteiger partial charge in [-0.15, -0.1) is 0 Å². The first-order valence-corrected chi connectivity index (χ1v) is 10.3. The molecule has 2 atom stereocenters. The van der Waals surface area contributed by atoms with Gasteiger partial charge in [0.2, 0.25) is 0 Å². The SMILES string of the molecule is Cc1ncc([C@@H]2NCCN3C(=C4CC4)C[I-][C@]23C)s1. The van der Waals surface area contributed by atoms with Gasteiger partial charge in [-0.1, -0.05) is 0 Å². The van der Waals surface area contributed by atoms with Crippen LogP contribution in [0, 0.1) is 6.92 Å². The summed E-state index contributed by atoms with van der Waals surface area (Å²) in [4.78, 5) is 8.66. The number of hydrogen-bond acceptors (Lipinski definition) is 4. The molecule has 5 heteroatoms. The molecular weight excluding hydrogens is 369 g/mol. The van der Waals surface area contributed by atoms with Crippen LogP contribution in [0.5, 0.6) is 0 Å². The Morgan fingerprint density at radius 1 is 1.53 bits per heavy atom. The van der Waals surface area contributed by atoms with Gasteiger partial charge in [0, 0.05) is 0 Å². The van der Waals surface area contributed by atoms with E-state index in [1.807, 2.05) is 11.3 Å². The Balaban J connectivity index is 1.72. The van der Waals surface area contributed by atoms with E-state index in [-0.39, 0.29) is 21.2 Å². The molecule has 1 aromatic heterocycles. The molecule has 1 aliphatic carbocycles. The van der Waals surface area contributed by atoms with Gasteiger partial charge >= 0.3 is 129 Å². The molecule has 1 N–H and O–H groups in total. The van der Waals surface area contributed by atoms with E-state index >= 15 is 0 Å². The van der Waals surface area contributed by atoms with Gasteiger partial charge in [0.25, 0.3) is 0 Å². The van der Waals surface area contributed by atoms with Crippen LogP contribution in [-0.2, 0) is 0 Å². The van der Waals surface area contributed by atoms with Crippen molar-refractivity contribution in [2.75, 3.05) is 17.5 Å². The van der Waals surface area contributed by atoms with Gasteiger partial charge in [-0.2, -0.15) is 0 Å². The van der Waals surface area contributed by atoms with E-state index in [1.165, 1.54) is 33.7 Å². The molecule has 0 aromatic carbocycles. The summed E-state index contributed by atoms with van der Waals surface area (Å²) in [5.74, 6) is 0. The van der Waals surface area contributed by atoms with Crippen LogP contribution in [0.15, 0.2) is 17.5 Å². The summed E-state index contributed by atoms with van der Waals surface area (Å²) < 4.78 is 1.75. The summed E-state index contributed by atoms with van der Waals surface area (Å²) in [6, 6.07) is 0.497. The summed E-state index contributed by atoms with van der Waals surface area (Å²) in [5.41, 5.74) is 3.48. The van der Waals surface area contributed by atoms with Crippen LogP contribution in [-0.4, -0.2) is 30.9 Å². The zero-order chi connectivity index (χ0) is 13.0. The number of aromatic nitrogens is 1. The van der Waals surface area contributed by atoms with Crippen molar-refractivity contribution >= 4 is 11.3 Å². The van der Waals surface area contributed by atoms with E-state index in [0.29, 0.717) is 9.59 Å². The van der Waals surface area contributed by atoms with Crippen LogP contribution in [0.4, 0.5) is 0 Å². The summed E-state index contributed by atoms with van der Waals surface area (Å²) in [6.45, 7) is 6.90. The fourth-order valence-electron chi connectivity index (χ4n) is 3.21. The zero-order valence-electron chi connectivity index (χ0n) is 11.4. The number of aryl methyl sites for hydroxylation is 1. The minimum atomic E-state index is 0.191. The number of halogens is 1. The first-order chi connectivity index (χ1) is 9.18. The number of nitrogens with one attached hydrogen (secondary N) is 1. The fraction of sp³-hybridized carbons (Fsp3) is 0.643. The molecule has 3 nitrogen and oxygen atoms in total. The Bertz CT molecular complexity index is 547. The topological polar surface area (TPSA) is 28.2 Å². The van der Waals surface area contributed by atoms with Gasteiger partial charge in [-0.05, 0) is 0 Å². The molecule has 19 heavy (non-hydrogen) atoms. The van der Waals surface area contributed by atoms with Crippen molar-refractivity contribution in [2.24, 2.45) is 0 Å². The fourth-order valence-corrected chi connectivity index (χ4v) is 8.43. The minimum absolute atomic E-state index is 0.191. The van der Waals surface area contributed by atoms with Crippen LogP contribution in [0.2, 0.25) is 0 Å². The van der Waals surface area contributed by atoms with Gasteiger partial charge < -0.3 is 0 Å². The summed E-state index contributed by atoms with van der Waals surface area (Å²) in [5, 5.41) is 4.96. The first kappa shape index (κ1) is 12.6. The monoisotopic (exact) mass is 388 g/mol. The number of fused-ring (bicyclic) bond motifs is 1. The molecule has 1 saturated carbocycles. The standard InChI is InChI=1S/C14H19IN3S/c1-9-17-8-12(19-9)13-14(2)15-7-11(10-3-4-10)18(14)6-5-16-13/h8,13,16H,3-7H2,1-2H3/q-1/t13-,14-/m0/s1. The van der Waals surface area contributed by atoms with Crippen molar-refractivity contribution in [3.63, 3.8) is 0 Å². The predicted molar refractivity (Wildman–Crippen MR) is 73.8 cm³/mol. The predicted octanol–water partition coefficient (Wildman–Crippen LogP) is -0.735. The van der Waals surface area contributed by atoms with Crippen molar-refractivity contribution in [3.8, 4) is 0 Å². The molecule has 0 spiro atoms. The zero-order valence-corrected chi connectivity index (χ0v) is 14.3. The molecule has 104 valence electrons. The van der Waals surface area contributed by atoms with Crippen LogP contribution < -0.4 is 26.5 Å². The summed E-state index contributed by atoms with van der Waals surface area (Å²) in [7, 11) is 0. The Morgan fingerprint density at radius 2 is 2.37 bits per heavy atom. The van der Waals surface area contributed by atoms with Crippen molar-refractivity contribution < 1.29 is 21.2 Å². The number of nitrogens with zero attached hydrogens (tertiary/aromatic N) is 2. The Morgan fingerprint density at radius 3 is 3.05 bits per heavy atom. The molecule has 3 aliphatic rings. The van der Waals surface area contributed by atoms with E-state index in [0.717, 1.165) is 6.54 Å². The summed E-state index contributed by atoms with van der Waals surface area (Å²) in [6.07, 6.45) is 4.82. The van der Waals surface area contributed by atoms with Crippen molar-refractivity contribution in [3.05, 3.63) is 27.4 Å². The second kappa shape index (κ2) is 4.43.